The third kappa shape index (κ3) is 5.94. The van der Waals surface area contributed by atoms with Crippen LogP contribution in [-0.2, 0) is 31.6 Å². The van der Waals surface area contributed by atoms with Crippen molar-refractivity contribution in [2.45, 2.75) is 45.4 Å². The summed E-state index contributed by atoms with van der Waals surface area (Å²) >= 11 is 0. The van der Waals surface area contributed by atoms with E-state index in [0.717, 1.165) is 17.5 Å². The van der Waals surface area contributed by atoms with E-state index >= 15 is 0 Å². The van der Waals surface area contributed by atoms with Gasteiger partial charge < -0.3 is 15.2 Å². The molecule has 0 fully saturated rings. The zero-order valence-corrected chi connectivity index (χ0v) is 21.9. The highest BCUT2D eigenvalue weighted by atomic mass is 19.1. The van der Waals surface area contributed by atoms with Crippen molar-refractivity contribution in [3.63, 3.8) is 0 Å². The van der Waals surface area contributed by atoms with Gasteiger partial charge in [-0.1, -0.05) is 54.6 Å². The Labute approximate surface area is 226 Å². The molecule has 7 heteroatoms. The normalized spacial score (nSPS) is 13.2. The highest BCUT2D eigenvalue weighted by Gasteiger charge is 2.28. The number of benzene rings is 4. The lowest BCUT2D eigenvalue weighted by Gasteiger charge is -2.32. The van der Waals surface area contributed by atoms with Crippen LogP contribution in [0.5, 0.6) is 5.75 Å². The topological polar surface area (TPSA) is 61.8 Å². The number of anilines is 2. The van der Waals surface area contributed by atoms with E-state index in [1.807, 2.05) is 36.4 Å². The highest BCUT2D eigenvalue weighted by molar-refractivity contribution is 6.05. The number of aryl methyl sites for hydroxylation is 2. The Kier molecular flexibility index (Phi) is 7.35. The summed E-state index contributed by atoms with van der Waals surface area (Å²) in [5, 5.41) is 13.3. The summed E-state index contributed by atoms with van der Waals surface area (Å²) in [4.78, 5) is 15.0. The van der Waals surface area contributed by atoms with Crippen LogP contribution in [0.3, 0.4) is 0 Å². The number of amides is 2. The number of ether oxygens (including phenoxy) is 1. The minimum atomic E-state index is -1.04. The summed E-state index contributed by atoms with van der Waals surface area (Å²) in [7, 11) is 0. The Morgan fingerprint density at radius 3 is 2.38 bits per heavy atom. The van der Waals surface area contributed by atoms with Gasteiger partial charge in [-0.25, -0.2) is 13.6 Å². The quantitative estimate of drug-likeness (QED) is 0.256. The molecule has 0 saturated heterocycles. The van der Waals surface area contributed by atoms with Gasteiger partial charge in [-0.3, -0.25) is 4.90 Å². The second-order valence-electron chi connectivity index (χ2n) is 10.2. The summed E-state index contributed by atoms with van der Waals surface area (Å²) in [5.74, 6) is -0.952. The van der Waals surface area contributed by atoms with E-state index < -0.39 is 17.2 Å². The Morgan fingerprint density at radius 1 is 0.923 bits per heavy atom. The third-order valence-electron chi connectivity index (χ3n) is 6.95. The first-order chi connectivity index (χ1) is 18.7. The van der Waals surface area contributed by atoms with Gasteiger partial charge in [-0.15, -0.1) is 0 Å². The Bertz CT molecular complexity index is 1480. The van der Waals surface area contributed by atoms with Crippen molar-refractivity contribution in [1.82, 2.24) is 0 Å². The molecule has 0 atom stereocenters. The maximum Gasteiger partial charge on any atom is 0.326 e. The number of carbonyl (C=O) groups excluding carboxylic acids is 1. The van der Waals surface area contributed by atoms with E-state index in [0.29, 0.717) is 35.7 Å². The Morgan fingerprint density at radius 2 is 1.67 bits per heavy atom. The summed E-state index contributed by atoms with van der Waals surface area (Å²) in [6, 6.07) is 24.4. The lowest BCUT2D eigenvalue weighted by Crippen LogP contribution is -2.39. The van der Waals surface area contributed by atoms with E-state index in [9.17, 15) is 18.7 Å². The zero-order valence-electron chi connectivity index (χ0n) is 21.9. The molecule has 1 heterocycles. The summed E-state index contributed by atoms with van der Waals surface area (Å²) in [5.41, 5.74) is 3.84. The predicted octanol–water partition coefficient (Wildman–Crippen LogP) is 7.11. The van der Waals surface area contributed by atoms with Crippen molar-refractivity contribution in [2.75, 3.05) is 10.2 Å². The van der Waals surface area contributed by atoms with Gasteiger partial charge >= 0.3 is 6.03 Å². The number of nitrogens with zero attached hydrogens (tertiary/aromatic N) is 1. The fourth-order valence-corrected chi connectivity index (χ4v) is 4.68. The second-order valence-corrected chi connectivity index (χ2v) is 10.2. The largest absolute Gasteiger partial charge is 0.489 e. The van der Waals surface area contributed by atoms with Crippen LogP contribution < -0.4 is 15.0 Å². The van der Waals surface area contributed by atoms with Crippen LogP contribution >= 0.6 is 0 Å². The molecule has 0 aliphatic carbocycles. The SMILES string of the molecule is CC(C)(O)c1ccc2c(c1)NC(=O)N(c1cc(OCc3c(F)cccc3F)ccc1CCc1ccccc1)C2. The minimum Gasteiger partial charge on any atom is -0.489 e. The molecule has 0 radical (unpaired) electrons. The first-order valence-electron chi connectivity index (χ1n) is 12.9. The molecular weight excluding hydrogens is 498 g/mol. The number of fused-ring (bicyclic) bond motifs is 1. The maximum absolute atomic E-state index is 14.1. The van der Waals surface area contributed by atoms with Gasteiger partial charge in [0.2, 0.25) is 0 Å². The molecule has 200 valence electrons. The Hall–Kier alpha value is -4.23. The van der Waals surface area contributed by atoms with E-state index in [-0.39, 0.29) is 18.2 Å². The number of nitrogens with one attached hydrogen (secondary N) is 1. The van der Waals surface area contributed by atoms with Crippen LogP contribution in [0.25, 0.3) is 0 Å². The van der Waals surface area contributed by atoms with Crippen molar-refractivity contribution < 1.29 is 23.4 Å². The van der Waals surface area contributed by atoms with Crippen molar-refractivity contribution in [2.24, 2.45) is 0 Å². The molecule has 2 amide bonds. The van der Waals surface area contributed by atoms with Crippen LogP contribution in [0.15, 0.2) is 84.9 Å². The maximum atomic E-state index is 14.1. The van der Waals surface area contributed by atoms with Gasteiger partial charge in [0, 0.05) is 11.8 Å². The van der Waals surface area contributed by atoms with Gasteiger partial charge in [0.1, 0.15) is 24.0 Å². The van der Waals surface area contributed by atoms with Gasteiger partial charge in [-0.2, -0.15) is 0 Å². The van der Waals surface area contributed by atoms with Gasteiger partial charge in [0.15, 0.2) is 0 Å². The molecule has 0 bridgehead atoms. The molecule has 4 aromatic carbocycles. The average molecular weight is 529 g/mol. The number of rotatable bonds is 8. The number of halogens is 2. The number of urea groups is 1. The molecule has 5 nitrogen and oxygen atoms in total. The third-order valence-corrected chi connectivity index (χ3v) is 6.95. The van der Waals surface area contributed by atoms with Crippen molar-refractivity contribution in [3.05, 3.63) is 124 Å². The second kappa shape index (κ2) is 10.9. The van der Waals surface area contributed by atoms with Gasteiger partial charge in [0.25, 0.3) is 0 Å². The first-order valence-corrected chi connectivity index (χ1v) is 12.9. The molecule has 2 N–H and O–H groups in total. The van der Waals surface area contributed by atoms with E-state index in [1.54, 1.807) is 36.9 Å². The summed E-state index contributed by atoms with van der Waals surface area (Å²) in [6.45, 7) is 3.43. The fraction of sp³-hybridized carbons (Fsp3) is 0.219. The molecule has 5 rings (SSSR count). The smallest absolute Gasteiger partial charge is 0.326 e. The molecule has 39 heavy (non-hydrogen) atoms. The number of hydrogen-bond acceptors (Lipinski definition) is 3. The van der Waals surface area contributed by atoms with Crippen LogP contribution in [0, 0.1) is 11.6 Å². The molecule has 0 aromatic heterocycles. The fourth-order valence-electron chi connectivity index (χ4n) is 4.68. The molecule has 0 saturated carbocycles. The summed E-state index contributed by atoms with van der Waals surface area (Å²) in [6.07, 6.45) is 1.45. The van der Waals surface area contributed by atoms with E-state index in [4.69, 9.17) is 4.74 Å². The Balaban J connectivity index is 1.45. The van der Waals surface area contributed by atoms with Crippen LogP contribution in [0.4, 0.5) is 25.0 Å². The van der Waals surface area contributed by atoms with Crippen molar-refractivity contribution in [3.8, 4) is 5.75 Å². The first kappa shape index (κ1) is 26.4. The zero-order chi connectivity index (χ0) is 27.6. The van der Waals surface area contributed by atoms with Gasteiger partial charge in [0.05, 0.1) is 23.4 Å². The lowest BCUT2D eigenvalue weighted by atomic mass is 9.95. The molecule has 1 aliphatic heterocycles. The molecular formula is C32H30F2N2O3. The number of carbonyl (C=O) groups is 1. The predicted molar refractivity (Wildman–Crippen MR) is 148 cm³/mol. The van der Waals surface area contributed by atoms with Crippen LogP contribution in [0.2, 0.25) is 0 Å². The lowest BCUT2D eigenvalue weighted by molar-refractivity contribution is 0.0786. The van der Waals surface area contributed by atoms with Crippen molar-refractivity contribution in [1.29, 1.82) is 0 Å². The molecule has 0 unspecified atom stereocenters. The highest BCUT2D eigenvalue weighted by Crippen LogP contribution is 2.35. The van der Waals surface area contributed by atoms with Crippen LogP contribution in [-0.4, -0.2) is 11.1 Å². The molecule has 0 spiro atoms. The molecule has 1 aliphatic rings. The van der Waals surface area contributed by atoms with Crippen molar-refractivity contribution >= 4 is 17.4 Å². The van der Waals surface area contributed by atoms with E-state index in [2.05, 4.69) is 17.4 Å². The minimum absolute atomic E-state index is 0.153. The van der Waals surface area contributed by atoms with Crippen LogP contribution in [0.1, 0.15) is 41.7 Å². The number of aliphatic hydroxyl groups is 1. The standard InChI is InChI=1S/C32H30F2N2O3/c1-32(2,38)24-15-13-23-19-36(31(37)35-29(23)17-24)30-18-25(39-20-26-27(33)9-6-10-28(26)34)16-14-22(30)12-11-21-7-4-3-5-8-21/h3-10,13-18,38H,11-12,19-20H2,1-2H3,(H,35,37). The number of hydrogen-bond donors (Lipinski definition) is 2. The molecule has 4 aromatic rings. The van der Waals surface area contributed by atoms with Gasteiger partial charge in [-0.05, 0) is 73.2 Å². The average Bonchev–Trinajstić information content (AvgIpc) is 2.91. The monoisotopic (exact) mass is 528 g/mol. The summed E-state index contributed by atoms with van der Waals surface area (Å²) < 4.78 is 34.1. The van der Waals surface area contributed by atoms with E-state index in [1.165, 1.54) is 23.8 Å².